The Bertz CT molecular complexity index is 1640. The summed E-state index contributed by atoms with van der Waals surface area (Å²) in [5, 5.41) is -0.529. The summed E-state index contributed by atoms with van der Waals surface area (Å²) in [5.41, 5.74) is 0.302. The molecule has 4 nitrogen and oxygen atoms in total. The lowest BCUT2D eigenvalue weighted by Gasteiger charge is -2.52. The topological polar surface area (TPSA) is 60.4 Å². The molecular weight excluding hydrogens is 774 g/mol. The maximum atomic E-state index is 12.7. The van der Waals surface area contributed by atoms with Crippen LogP contribution in [0.3, 0.4) is 0 Å². The third kappa shape index (κ3) is 2.41. The first kappa shape index (κ1) is 28.4. The molecule has 1 aromatic rings. The van der Waals surface area contributed by atoms with Crippen molar-refractivity contribution in [3.05, 3.63) is 49.0 Å². The van der Waals surface area contributed by atoms with Crippen LogP contribution in [0, 0.1) is 11.8 Å². The number of benzene rings is 1. The second kappa shape index (κ2) is 7.45. The van der Waals surface area contributed by atoms with Gasteiger partial charge in [0.25, 0.3) is 0 Å². The highest BCUT2D eigenvalue weighted by Gasteiger charge is 2.91. The molecule has 17 heteroatoms. The monoisotopic (exact) mass is 774 g/mol. The standard InChI is InChI=1S/C21H6Cl12O4S/c22-11-13(24)18(28)9-7(16(11,26)20(18,30)31)3-1-5-6(38(35,36)37-15(5)34)2-4(3)8-10(9)19(29)14(25)12(23)17(8,27)21(19,32)33/h1-2,7-10H/t7-,8+,9+,10-,16+,17+,18+,19+/m1/s1. The SMILES string of the molecule is O=C1OS(=O)(=O)c2cc3c(cc21)[C@@H]1[C@@H]([C@H]2[C@H]3[C@]3(Cl)C(Cl)=C(Cl)[C@]2(Cl)C3(Cl)Cl)[C@]2(Cl)C(Cl)=C(Cl)[C@]1(Cl)C2(Cl)Cl. The first-order valence-corrected chi connectivity index (χ1v) is 16.5. The molecule has 5 aliphatic carbocycles. The fourth-order valence-electron chi connectivity index (χ4n) is 7.48. The minimum absolute atomic E-state index is 0.125. The first-order chi connectivity index (χ1) is 17.2. The van der Waals surface area contributed by atoms with E-state index in [1.54, 1.807) is 0 Å². The Morgan fingerprint density at radius 2 is 1.00 bits per heavy atom. The molecule has 0 radical (unpaired) electrons. The molecule has 0 N–H and O–H groups in total. The van der Waals surface area contributed by atoms with Crippen LogP contribution in [0.25, 0.3) is 0 Å². The number of hydrogen-bond acceptors (Lipinski definition) is 4. The molecule has 0 amide bonds. The summed E-state index contributed by atoms with van der Waals surface area (Å²) in [5.74, 6) is -5.15. The fraction of sp³-hybridized carbons (Fsp3) is 0.476. The van der Waals surface area contributed by atoms with Crippen LogP contribution in [-0.2, 0) is 14.3 Å². The molecule has 8 atom stereocenters. The van der Waals surface area contributed by atoms with Gasteiger partial charge in [-0.2, -0.15) is 8.42 Å². The van der Waals surface area contributed by atoms with Crippen LogP contribution in [0.1, 0.15) is 33.3 Å². The molecule has 0 saturated heterocycles. The van der Waals surface area contributed by atoms with E-state index in [1.807, 2.05) is 0 Å². The van der Waals surface area contributed by atoms with Crippen molar-refractivity contribution in [2.75, 3.05) is 0 Å². The van der Waals surface area contributed by atoms with Crippen molar-refractivity contribution >= 4 is 155 Å². The highest BCUT2D eigenvalue weighted by Crippen LogP contribution is 2.88. The minimum Gasteiger partial charge on any atom is -0.338 e. The lowest BCUT2D eigenvalue weighted by Crippen LogP contribution is -2.53. The quantitative estimate of drug-likeness (QED) is 0.196. The predicted octanol–water partition coefficient (Wildman–Crippen LogP) is 8.65. The van der Waals surface area contributed by atoms with Gasteiger partial charge in [-0.3, -0.25) is 0 Å². The van der Waals surface area contributed by atoms with E-state index in [1.165, 1.54) is 12.1 Å². The van der Waals surface area contributed by atoms with Gasteiger partial charge in [-0.15, -0.1) is 46.4 Å². The third-order valence-corrected chi connectivity index (χ3v) is 18.7. The van der Waals surface area contributed by atoms with Gasteiger partial charge in [0.2, 0.25) is 0 Å². The molecule has 204 valence electrons. The summed E-state index contributed by atoms with van der Waals surface area (Å²) < 4.78 is 25.9. The zero-order chi connectivity index (χ0) is 28.1. The number of halogens is 12. The van der Waals surface area contributed by atoms with E-state index < -0.39 is 72.8 Å². The molecule has 1 heterocycles. The van der Waals surface area contributed by atoms with E-state index in [4.69, 9.17) is 139 Å². The number of carbonyl (C=O) groups excluding carboxylic acids is 1. The molecule has 2 fully saturated rings. The number of carbonyl (C=O) groups is 1. The maximum Gasteiger partial charge on any atom is 0.355 e. The van der Waals surface area contributed by atoms with Gasteiger partial charge in [0, 0.05) is 23.7 Å². The van der Waals surface area contributed by atoms with Gasteiger partial charge in [0.15, 0.2) is 8.67 Å². The second-order valence-electron chi connectivity index (χ2n) is 10.1. The van der Waals surface area contributed by atoms with Crippen LogP contribution in [0.5, 0.6) is 0 Å². The van der Waals surface area contributed by atoms with E-state index in [2.05, 4.69) is 4.18 Å². The molecular formula is C21H6Cl12O4S. The first-order valence-electron chi connectivity index (χ1n) is 10.5. The Balaban J connectivity index is 1.67. The highest BCUT2D eigenvalue weighted by atomic mass is 35.5. The molecule has 6 aliphatic rings. The summed E-state index contributed by atoms with van der Waals surface area (Å²) in [6.45, 7) is 0. The van der Waals surface area contributed by atoms with Crippen molar-refractivity contribution < 1.29 is 17.4 Å². The summed E-state index contributed by atoms with van der Waals surface area (Å²) in [7, 11) is -4.45. The molecule has 7 rings (SSSR count). The summed E-state index contributed by atoms with van der Waals surface area (Å²) in [6, 6.07) is 2.55. The van der Waals surface area contributed by atoms with E-state index in [-0.39, 0.29) is 31.3 Å². The van der Waals surface area contributed by atoms with E-state index >= 15 is 0 Å². The highest BCUT2D eigenvalue weighted by molar-refractivity contribution is 7.87. The van der Waals surface area contributed by atoms with Crippen molar-refractivity contribution in [3.8, 4) is 0 Å². The number of rotatable bonds is 0. The molecule has 0 spiro atoms. The number of alkyl halides is 8. The molecule has 4 bridgehead atoms. The van der Waals surface area contributed by atoms with E-state index in [0.29, 0.717) is 5.56 Å². The average molecular weight is 780 g/mol. The molecule has 0 unspecified atom stereocenters. The van der Waals surface area contributed by atoms with Gasteiger partial charge in [-0.05, 0) is 23.3 Å². The summed E-state index contributed by atoms with van der Waals surface area (Å²) >= 11 is 83.3. The smallest absolute Gasteiger partial charge is 0.338 e. The number of hydrogen-bond donors (Lipinski definition) is 0. The van der Waals surface area contributed by atoms with Gasteiger partial charge < -0.3 is 4.18 Å². The van der Waals surface area contributed by atoms with Crippen molar-refractivity contribution in [2.24, 2.45) is 11.8 Å². The molecule has 38 heavy (non-hydrogen) atoms. The van der Waals surface area contributed by atoms with Gasteiger partial charge in [0.05, 0.1) is 25.7 Å². The molecule has 1 aromatic carbocycles. The number of fused-ring (bicyclic) bond motifs is 15. The van der Waals surface area contributed by atoms with Gasteiger partial charge in [0.1, 0.15) is 24.4 Å². The zero-order valence-corrected chi connectivity index (χ0v) is 27.4. The van der Waals surface area contributed by atoms with Gasteiger partial charge in [-0.25, -0.2) is 4.79 Å². The van der Waals surface area contributed by atoms with Crippen molar-refractivity contribution in [3.63, 3.8) is 0 Å². The zero-order valence-electron chi connectivity index (χ0n) is 17.5. The van der Waals surface area contributed by atoms with Gasteiger partial charge in [-0.1, -0.05) is 92.8 Å². The predicted molar refractivity (Wildman–Crippen MR) is 152 cm³/mol. The lowest BCUT2D eigenvalue weighted by molar-refractivity contribution is 0.0762. The average Bonchev–Trinajstić information content (AvgIpc) is 3.28. The number of allylic oxidation sites excluding steroid dienone is 4. The van der Waals surface area contributed by atoms with E-state index in [9.17, 15) is 13.2 Å². The van der Waals surface area contributed by atoms with Gasteiger partial charge >= 0.3 is 16.1 Å². The molecule has 1 aliphatic heterocycles. The normalized spacial score (nSPS) is 47.7. The molecule has 0 aromatic heterocycles. The van der Waals surface area contributed by atoms with Crippen LogP contribution < -0.4 is 0 Å². The largest absolute Gasteiger partial charge is 0.355 e. The van der Waals surface area contributed by atoms with E-state index in [0.717, 1.165) is 0 Å². The maximum absolute atomic E-state index is 12.7. The Morgan fingerprint density at radius 1 is 0.632 bits per heavy atom. The van der Waals surface area contributed by atoms with Crippen LogP contribution in [0.2, 0.25) is 0 Å². The van der Waals surface area contributed by atoms with Crippen molar-refractivity contribution in [2.45, 2.75) is 44.9 Å². The van der Waals surface area contributed by atoms with Crippen molar-refractivity contribution in [1.82, 2.24) is 0 Å². The van der Waals surface area contributed by atoms with Crippen LogP contribution in [0.15, 0.2) is 37.2 Å². The lowest BCUT2D eigenvalue weighted by atomic mass is 9.57. The molecule has 2 saturated carbocycles. The third-order valence-electron chi connectivity index (χ3n) is 8.90. The Morgan fingerprint density at radius 3 is 1.42 bits per heavy atom. The Kier molecular flexibility index (Phi) is 5.56. The minimum atomic E-state index is -4.45. The van der Waals surface area contributed by atoms with Crippen LogP contribution in [0.4, 0.5) is 0 Å². The Hall–Kier alpha value is 1.60. The van der Waals surface area contributed by atoms with Crippen molar-refractivity contribution in [1.29, 1.82) is 0 Å². The Labute approximate surface area is 275 Å². The van der Waals surface area contributed by atoms with Crippen LogP contribution >= 0.6 is 139 Å². The second-order valence-corrected chi connectivity index (χ2v) is 18.1. The summed E-state index contributed by atoms with van der Waals surface area (Å²) in [4.78, 5) is 4.64. The fourth-order valence-corrected chi connectivity index (χ4v) is 14.6. The summed E-state index contributed by atoms with van der Waals surface area (Å²) in [6.07, 6.45) is 0. The van der Waals surface area contributed by atoms with Crippen LogP contribution in [-0.4, -0.2) is 42.6 Å².